The lowest BCUT2D eigenvalue weighted by Crippen LogP contribution is -2.18. The number of halogens is 4. The van der Waals surface area contributed by atoms with Crippen molar-refractivity contribution < 1.29 is 27.1 Å². The van der Waals surface area contributed by atoms with E-state index in [2.05, 4.69) is 5.32 Å². The number of ether oxygens (including phenoxy) is 1. The Kier molecular flexibility index (Phi) is 5.79. The molecule has 0 radical (unpaired) electrons. The lowest BCUT2D eigenvalue weighted by molar-refractivity contribution is -0.145. The van der Waals surface area contributed by atoms with Crippen LogP contribution < -0.4 is 5.32 Å². The second kappa shape index (κ2) is 7.65. The summed E-state index contributed by atoms with van der Waals surface area (Å²) in [5.41, 5.74) is -0.774. The number of carbonyl (C=O) groups is 1. The molecule has 0 saturated carbocycles. The fourth-order valence-corrected chi connectivity index (χ4v) is 2.62. The fourth-order valence-electron chi connectivity index (χ4n) is 2.62. The molecule has 0 amide bonds. The van der Waals surface area contributed by atoms with E-state index in [1.165, 1.54) is 0 Å². The Balaban J connectivity index is 2.76. The number of esters is 1. The average Bonchev–Trinajstić information content (AvgIpc) is 2.53. The van der Waals surface area contributed by atoms with Gasteiger partial charge in [0.2, 0.25) is 0 Å². The number of carbonyl (C=O) groups excluding carboxylic acids is 1. The molecule has 3 nitrogen and oxygen atoms in total. The summed E-state index contributed by atoms with van der Waals surface area (Å²) in [4.78, 5) is 11.1. The first kappa shape index (κ1) is 18.9. The van der Waals surface area contributed by atoms with Crippen molar-refractivity contribution in [2.45, 2.75) is 26.3 Å². The van der Waals surface area contributed by atoms with E-state index in [1.807, 2.05) is 0 Å². The molecule has 2 aromatic carbocycles. The Morgan fingerprint density at radius 1 is 1.16 bits per heavy atom. The Hall–Kier alpha value is -2.41. The summed E-state index contributed by atoms with van der Waals surface area (Å²) in [6, 6.07) is 8.74. The highest BCUT2D eigenvalue weighted by atomic mass is 19.4. The Morgan fingerprint density at radius 3 is 2.32 bits per heavy atom. The summed E-state index contributed by atoms with van der Waals surface area (Å²) in [7, 11) is 1.54. The molecular formula is C18H17F4NO2. The molecular weight excluding hydrogens is 338 g/mol. The van der Waals surface area contributed by atoms with Gasteiger partial charge in [-0.2, -0.15) is 13.2 Å². The molecule has 2 aromatic rings. The number of rotatable bonds is 5. The second-order valence-corrected chi connectivity index (χ2v) is 5.41. The SMILES string of the molecule is CNCc1c(COC(C)=O)c(C(F)(F)F)cc(F)c1-c1ccccc1. The second-order valence-electron chi connectivity index (χ2n) is 5.41. The molecule has 0 aliphatic heterocycles. The smallest absolute Gasteiger partial charge is 0.416 e. The highest BCUT2D eigenvalue weighted by molar-refractivity contribution is 5.71. The molecule has 0 heterocycles. The van der Waals surface area contributed by atoms with Gasteiger partial charge in [-0.25, -0.2) is 4.39 Å². The number of hydrogen-bond acceptors (Lipinski definition) is 3. The third-order valence-corrected chi connectivity index (χ3v) is 3.64. The van der Waals surface area contributed by atoms with Crippen LogP contribution in [0, 0.1) is 5.82 Å². The van der Waals surface area contributed by atoms with Crippen molar-refractivity contribution in [3.63, 3.8) is 0 Å². The van der Waals surface area contributed by atoms with Crippen molar-refractivity contribution in [1.82, 2.24) is 5.32 Å². The Labute approximate surface area is 142 Å². The minimum atomic E-state index is -4.77. The molecule has 0 aliphatic rings. The van der Waals surface area contributed by atoms with Gasteiger partial charge in [0.05, 0.1) is 5.56 Å². The Bertz CT molecular complexity index is 758. The van der Waals surface area contributed by atoms with Crippen molar-refractivity contribution in [3.05, 3.63) is 58.9 Å². The van der Waals surface area contributed by atoms with Crippen molar-refractivity contribution in [2.75, 3.05) is 7.05 Å². The molecule has 0 aliphatic carbocycles. The number of alkyl halides is 3. The average molecular weight is 355 g/mol. The molecule has 7 heteroatoms. The van der Waals surface area contributed by atoms with Gasteiger partial charge in [0, 0.05) is 24.6 Å². The normalized spacial score (nSPS) is 11.4. The predicted molar refractivity (Wildman–Crippen MR) is 85.1 cm³/mol. The van der Waals surface area contributed by atoms with Crippen LogP contribution in [0.25, 0.3) is 11.1 Å². The van der Waals surface area contributed by atoms with Crippen LogP contribution in [0.5, 0.6) is 0 Å². The van der Waals surface area contributed by atoms with E-state index < -0.39 is 30.1 Å². The van der Waals surface area contributed by atoms with Gasteiger partial charge >= 0.3 is 12.1 Å². The van der Waals surface area contributed by atoms with Crippen LogP contribution in [0.3, 0.4) is 0 Å². The largest absolute Gasteiger partial charge is 0.461 e. The maximum Gasteiger partial charge on any atom is 0.416 e. The fraction of sp³-hybridized carbons (Fsp3) is 0.278. The first-order valence-electron chi connectivity index (χ1n) is 7.50. The first-order chi connectivity index (χ1) is 11.8. The third-order valence-electron chi connectivity index (χ3n) is 3.64. The highest BCUT2D eigenvalue weighted by Crippen LogP contribution is 2.39. The summed E-state index contributed by atoms with van der Waals surface area (Å²) in [5.74, 6) is -1.69. The number of hydrogen-bond donors (Lipinski definition) is 1. The van der Waals surface area contributed by atoms with E-state index in [-0.39, 0.29) is 23.2 Å². The summed E-state index contributed by atoms with van der Waals surface area (Å²) in [5, 5.41) is 2.75. The monoisotopic (exact) mass is 355 g/mol. The van der Waals surface area contributed by atoms with Gasteiger partial charge in [-0.3, -0.25) is 4.79 Å². The predicted octanol–water partition coefficient (Wildman–Crippen LogP) is 4.29. The van der Waals surface area contributed by atoms with E-state index in [0.717, 1.165) is 6.92 Å². The van der Waals surface area contributed by atoms with Gasteiger partial charge in [-0.15, -0.1) is 0 Å². The van der Waals surface area contributed by atoms with Gasteiger partial charge in [-0.1, -0.05) is 30.3 Å². The third kappa shape index (κ3) is 4.36. The lowest BCUT2D eigenvalue weighted by atomic mass is 9.91. The molecule has 0 fully saturated rings. The molecule has 1 N–H and O–H groups in total. The Morgan fingerprint density at radius 2 is 1.80 bits per heavy atom. The van der Waals surface area contributed by atoms with Gasteiger partial charge in [-0.05, 0) is 24.2 Å². The summed E-state index contributed by atoms with van der Waals surface area (Å²) in [6.07, 6.45) is -4.77. The summed E-state index contributed by atoms with van der Waals surface area (Å²) < 4.78 is 59.5. The maximum atomic E-state index is 14.6. The summed E-state index contributed by atoms with van der Waals surface area (Å²) >= 11 is 0. The van der Waals surface area contributed by atoms with Crippen molar-refractivity contribution >= 4 is 5.97 Å². The zero-order valence-electron chi connectivity index (χ0n) is 13.7. The lowest BCUT2D eigenvalue weighted by Gasteiger charge is -2.21. The van der Waals surface area contributed by atoms with Crippen LogP contribution in [0.15, 0.2) is 36.4 Å². The van der Waals surface area contributed by atoms with Gasteiger partial charge < -0.3 is 10.1 Å². The number of nitrogens with one attached hydrogen (secondary N) is 1. The number of benzene rings is 2. The molecule has 2 rings (SSSR count). The van der Waals surface area contributed by atoms with E-state index in [4.69, 9.17) is 4.74 Å². The van der Waals surface area contributed by atoms with Crippen molar-refractivity contribution in [1.29, 1.82) is 0 Å². The van der Waals surface area contributed by atoms with Crippen molar-refractivity contribution in [2.24, 2.45) is 0 Å². The quantitative estimate of drug-likeness (QED) is 0.642. The van der Waals surface area contributed by atoms with Crippen LogP contribution in [-0.4, -0.2) is 13.0 Å². The van der Waals surface area contributed by atoms with Crippen LogP contribution in [0.4, 0.5) is 17.6 Å². The molecule has 0 unspecified atom stereocenters. The topological polar surface area (TPSA) is 38.3 Å². The van der Waals surface area contributed by atoms with Crippen molar-refractivity contribution in [3.8, 4) is 11.1 Å². The zero-order valence-corrected chi connectivity index (χ0v) is 13.7. The van der Waals surface area contributed by atoms with Crippen LogP contribution in [0.1, 0.15) is 23.6 Å². The highest BCUT2D eigenvalue weighted by Gasteiger charge is 2.36. The summed E-state index contributed by atoms with van der Waals surface area (Å²) in [6.45, 7) is 0.510. The van der Waals surface area contributed by atoms with E-state index >= 15 is 0 Å². The van der Waals surface area contributed by atoms with Crippen LogP contribution in [0.2, 0.25) is 0 Å². The minimum absolute atomic E-state index is 0.0122. The standard InChI is InChI=1S/C18H17F4NO2/c1-11(24)25-10-14-13(9-23-2)17(12-6-4-3-5-7-12)16(19)8-15(14)18(20,21)22/h3-8,23H,9-10H2,1-2H3. The molecule has 25 heavy (non-hydrogen) atoms. The molecule has 0 aromatic heterocycles. The van der Waals surface area contributed by atoms with E-state index in [1.54, 1.807) is 37.4 Å². The molecule has 134 valence electrons. The minimum Gasteiger partial charge on any atom is -0.461 e. The van der Waals surface area contributed by atoms with Gasteiger partial charge in [0.25, 0.3) is 0 Å². The van der Waals surface area contributed by atoms with Crippen LogP contribution >= 0.6 is 0 Å². The van der Waals surface area contributed by atoms with Crippen LogP contribution in [-0.2, 0) is 28.9 Å². The molecule has 0 atom stereocenters. The molecule has 0 spiro atoms. The maximum absolute atomic E-state index is 14.6. The first-order valence-corrected chi connectivity index (χ1v) is 7.50. The van der Waals surface area contributed by atoms with E-state index in [9.17, 15) is 22.4 Å². The zero-order chi connectivity index (χ0) is 18.6. The molecule has 0 bridgehead atoms. The molecule has 0 saturated heterocycles. The van der Waals surface area contributed by atoms with E-state index in [0.29, 0.717) is 11.6 Å². The van der Waals surface area contributed by atoms with Gasteiger partial charge in [0.15, 0.2) is 0 Å². The van der Waals surface area contributed by atoms with Gasteiger partial charge in [0.1, 0.15) is 12.4 Å².